The number of thioether (sulfide) groups is 1. The van der Waals surface area contributed by atoms with Crippen LogP contribution in [0.3, 0.4) is 0 Å². The van der Waals surface area contributed by atoms with Crippen molar-refractivity contribution < 1.29 is 40.6 Å². The van der Waals surface area contributed by atoms with Crippen molar-refractivity contribution in [3.63, 3.8) is 0 Å². The fourth-order valence-corrected chi connectivity index (χ4v) is 3.87. The lowest BCUT2D eigenvalue weighted by atomic mass is 9.93. The van der Waals surface area contributed by atoms with E-state index in [4.69, 9.17) is 4.74 Å². The quantitative estimate of drug-likeness (QED) is 0.232. The van der Waals surface area contributed by atoms with Gasteiger partial charge in [0.2, 0.25) is 5.60 Å². The number of aliphatic hydroxyl groups is 1. The molecule has 0 aliphatic carbocycles. The van der Waals surface area contributed by atoms with Gasteiger partial charge in [-0.15, -0.1) is 0 Å². The van der Waals surface area contributed by atoms with E-state index in [9.17, 15) is 35.8 Å². The van der Waals surface area contributed by atoms with Gasteiger partial charge in [-0.25, -0.2) is 9.07 Å². The molecule has 0 radical (unpaired) electrons. The Morgan fingerprint density at radius 3 is 2.14 bits per heavy atom. The van der Waals surface area contributed by atoms with E-state index >= 15 is 0 Å². The van der Waals surface area contributed by atoms with Crippen LogP contribution in [0.2, 0.25) is 0 Å². The summed E-state index contributed by atoms with van der Waals surface area (Å²) in [6, 6.07) is 13.1. The first kappa shape index (κ1) is 24.9. The van der Waals surface area contributed by atoms with E-state index in [1.807, 2.05) is 0 Å². The molecule has 0 aliphatic rings. The van der Waals surface area contributed by atoms with Crippen molar-refractivity contribution in [2.24, 2.45) is 0 Å². The molecule has 1 aromatic heterocycles. The lowest BCUT2D eigenvalue weighted by Crippen LogP contribution is -2.47. The average Bonchev–Trinajstić information content (AvgIpc) is 3.20. The SMILES string of the molecule is OC(COc1ccc(SC(F)(F)F)cc1)(c1ccc2c(cnn2-c2ccc(F)cc2)c1)C(F)(F)F. The third kappa shape index (κ3) is 5.38. The second-order valence-corrected chi connectivity index (χ2v) is 8.61. The molecule has 4 nitrogen and oxygen atoms in total. The summed E-state index contributed by atoms with van der Waals surface area (Å²) in [6.45, 7) is -1.24. The van der Waals surface area contributed by atoms with Gasteiger partial charge in [-0.3, -0.25) is 0 Å². The number of hydrogen-bond donors (Lipinski definition) is 1. The molecule has 0 saturated heterocycles. The molecule has 0 spiro atoms. The molecule has 1 N–H and O–H groups in total. The van der Waals surface area contributed by atoms with Gasteiger partial charge in [0.25, 0.3) is 0 Å². The second kappa shape index (κ2) is 9.08. The minimum atomic E-state index is -5.14. The molecule has 1 unspecified atom stereocenters. The van der Waals surface area contributed by atoms with E-state index in [-0.39, 0.29) is 27.8 Å². The zero-order valence-electron chi connectivity index (χ0n) is 17.4. The summed E-state index contributed by atoms with van der Waals surface area (Å²) >= 11 is -0.375. The van der Waals surface area contributed by atoms with E-state index < -0.39 is 35.3 Å². The maximum atomic E-state index is 13.9. The summed E-state index contributed by atoms with van der Waals surface area (Å²) < 4.78 is 98.9. The second-order valence-electron chi connectivity index (χ2n) is 7.47. The van der Waals surface area contributed by atoms with Gasteiger partial charge >= 0.3 is 11.7 Å². The van der Waals surface area contributed by atoms with Crippen LogP contribution in [0.4, 0.5) is 30.7 Å². The molecule has 12 heteroatoms. The Morgan fingerprint density at radius 2 is 1.54 bits per heavy atom. The van der Waals surface area contributed by atoms with Gasteiger partial charge in [0, 0.05) is 10.3 Å². The molecular weight excluding hydrogens is 501 g/mol. The molecule has 3 aromatic carbocycles. The molecule has 4 rings (SSSR count). The average molecular weight is 516 g/mol. The molecule has 1 heterocycles. The molecule has 0 aliphatic heterocycles. The van der Waals surface area contributed by atoms with Crippen LogP contribution in [0.1, 0.15) is 5.56 Å². The first-order valence-electron chi connectivity index (χ1n) is 9.88. The topological polar surface area (TPSA) is 47.3 Å². The fraction of sp³-hybridized carbons (Fsp3) is 0.174. The van der Waals surface area contributed by atoms with Crippen LogP contribution in [-0.2, 0) is 5.60 Å². The van der Waals surface area contributed by atoms with Crippen molar-refractivity contribution in [1.29, 1.82) is 0 Å². The van der Waals surface area contributed by atoms with Gasteiger partial charge in [-0.2, -0.15) is 31.4 Å². The van der Waals surface area contributed by atoms with Crippen LogP contribution in [0.5, 0.6) is 5.75 Å². The highest BCUT2D eigenvalue weighted by Gasteiger charge is 2.56. The summed E-state index contributed by atoms with van der Waals surface area (Å²) in [5, 5.41) is 15.0. The van der Waals surface area contributed by atoms with Crippen molar-refractivity contribution >= 4 is 22.7 Å². The van der Waals surface area contributed by atoms with Crippen LogP contribution < -0.4 is 4.74 Å². The minimum Gasteiger partial charge on any atom is -0.490 e. The number of alkyl halides is 6. The third-order valence-corrected chi connectivity index (χ3v) is 5.83. The summed E-state index contributed by atoms with van der Waals surface area (Å²) in [4.78, 5) is -0.167. The summed E-state index contributed by atoms with van der Waals surface area (Å²) in [5.41, 5.74) is -7.54. The first-order valence-corrected chi connectivity index (χ1v) is 10.7. The van der Waals surface area contributed by atoms with E-state index in [1.165, 1.54) is 41.2 Å². The molecule has 0 fully saturated rings. The van der Waals surface area contributed by atoms with E-state index in [0.29, 0.717) is 11.2 Å². The Kier molecular flexibility index (Phi) is 6.45. The van der Waals surface area contributed by atoms with Gasteiger partial charge in [0.15, 0.2) is 0 Å². The summed E-state index contributed by atoms with van der Waals surface area (Å²) in [7, 11) is 0. The number of benzene rings is 3. The predicted octanol–water partition coefficient (Wildman–Crippen LogP) is 6.61. The predicted molar refractivity (Wildman–Crippen MR) is 115 cm³/mol. The number of nitrogens with zero attached hydrogens (tertiary/aromatic N) is 2. The van der Waals surface area contributed by atoms with Crippen LogP contribution in [-0.4, -0.2) is 33.2 Å². The maximum Gasteiger partial charge on any atom is 0.446 e. The van der Waals surface area contributed by atoms with Gasteiger partial charge in [-0.05, 0) is 78.0 Å². The number of fused-ring (bicyclic) bond motifs is 1. The van der Waals surface area contributed by atoms with E-state index in [0.717, 1.165) is 36.4 Å². The van der Waals surface area contributed by atoms with Crippen molar-refractivity contribution in [3.05, 3.63) is 84.3 Å². The van der Waals surface area contributed by atoms with Gasteiger partial charge < -0.3 is 9.84 Å². The van der Waals surface area contributed by atoms with Crippen LogP contribution in [0.15, 0.2) is 77.8 Å². The number of rotatable bonds is 6. The number of halogens is 7. The van der Waals surface area contributed by atoms with Crippen molar-refractivity contribution in [2.45, 2.75) is 22.2 Å². The van der Waals surface area contributed by atoms with E-state index in [1.54, 1.807) is 0 Å². The molecule has 0 bridgehead atoms. The monoisotopic (exact) mass is 516 g/mol. The highest BCUT2D eigenvalue weighted by Crippen LogP contribution is 2.41. The number of aromatic nitrogens is 2. The van der Waals surface area contributed by atoms with Crippen LogP contribution in [0, 0.1) is 5.82 Å². The largest absolute Gasteiger partial charge is 0.490 e. The Morgan fingerprint density at radius 1 is 0.886 bits per heavy atom. The van der Waals surface area contributed by atoms with Crippen LogP contribution >= 0.6 is 11.8 Å². The zero-order valence-corrected chi connectivity index (χ0v) is 18.3. The lowest BCUT2D eigenvalue weighted by Gasteiger charge is -2.31. The van der Waals surface area contributed by atoms with Gasteiger partial charge in [0.1, 0.15) is 18.2 Å². The normalized spacial score (nSPS) is 14.2. The van der Waals surface area contributed by atoms with Crippen LogP contribution in [0.25, 0.3) is 16.6 Å². The Hall–Kier alpha value is -3.25. The third-order valence-electron chi connectivity index (χ3n) is 5.09. The van der Waals surface area contributed by atoms with Crippen molar-refractivity contribution in [1.82, 2.24) is 9.78 Å². The molecule has 184 valence electrons. The zero-order chi connectivity index (χ0) is 25.4. The maximum absolute atomic E-state index is 13.9. The first-order chi connectivity index (χ1) is 16.4. The number of hydrogen-bond acceptors (Lipinski definition) is 4. The highest BCUT2D eigenvalue weighted by molar-refractivity contribution is 8.00. The molecule has 4 aromatic rings. The highest BCUT2D eigenvalue weighted by atomic mass is 32.2. The Bertz CT molecular complexity index is 1320. The molecule has 35 heavy (non-hydrogen) atoms. The fourth-order valence-electron chi connectivity index (χ4n) is 3.33. The van der Waals surface area contributed by atoms with Gasteiger partial charge in [0.05, 0.1) is 17.4 Å². The van der Waals surface area contributed by atoms with E-state index in [2.05, 4.69) is 5.10 Å². The molecular formula is C23H15F7N2O2S. The number of ether oxygens (including phenoxy) is 1. The standard InChI is InChI=1S/C23H15F7N2O2S/c24-16-2-4-17(5-3-16)32-20-10-1-15(11-14(20)12-31-32)21(33,22(25,26)27)13-34-18-6-8-19(9-7-18)35-23(28,29)30/h1-12,33H,13H2. The van der Waals surface area contributed by atoms with Crippen molar-refractivity contribution in [2.75, 3.05) is 6.61 Å². The summed E-state index contributed by atoms with van der Waals surface area (Å²) in [6.07, 6.45) is -3.84. The van der Waals surface area contributed by atoms with Gasteiger partial charge in [-0.1, -0.05) is 6.07 Å². The summed E-state index contributed by atoms with van der Waals surface area (Å²) in [5.74, 6) is -0.610. The smallest absolute Gasteiger partial charge is 0.446 e. The van der Waals surface area contributed by atoms with Crippen molar-refractivity contribution in [3.8, 4) is 11.4 Å². The Labute approximate surface area is 197 Å². The molecule has 0 saturated carbocycles. The minimum absolute atomic E-state index is 0.149. The lowest BCUT2D eigenvalue weighted by molar-refractivity contribution is -0.275. The Balaban J connectivity index is 1.60. The molecule has 1 atom stereocenters. The molecule has 0 amide bonds.